The second-order valence-corrected chi connectivity index (χ2v) is 6.65. The summed E-state index contributed by atoms with van der Waals surface area (Å²) in [6.45, 7) is 3.37. The van der Waals surface area contributed by atoms with E-state index in [1.165, 1.54) is 24.4 Å². The summed E-state index contributed by atoms with van der Waals surface area (Å²) in [6, 6.07) is 6.30. The van der Waals surface area contributed by atoms with Crippen LogP contribution in [-0.4, -0.2) is 26.4 Å². The fourth-order valence-corrected chi connectivity index (χ4v) is 2.83. The van der Waals surface area contributed by atoms with Gasteiger partial charge in [0.1, 0.15) is 11.8 Å². The van der Waals surface area contributed by atoms with Gasteiger partial charge >= 0.3 is 6.30 Å². The number of halogens is 3. The fourth-order valence-electron chi connectivity index (χ4n) is 2.83. The van der Waals surface area contributed by atoms with E-state index in [1.54, 1.807) is 13.8 Å². The number of carbonyl (C=O) groups is 1. The Balaban J connectivity index is 1.89. The van der Waals surface area contributed by atoms with Gasteiger partial charge in [0.25, 0.3) is 5.91 Å². The highest BCUT2D eigenvalue weighted by Crippen LogP contribution is 2.25. The second-order valence-electron chi connectivity index (χ2n) is 6.65. The highest BCUT2D eigenvalue weighted by atomic mass is 19.4. The van der Waals surface area contributed by atoms with E-state index in [4.69, 9.17) is 16.4 Å². The summed E-state index contributed by atoms with van der Waals surface area (Å²) >= 11 is 0. The lowest BCUT2D eigenvalue weighted by molar-refractivity contribution is -0.212. The smallest absolute Gasteiger partial charge is 0.398 e. The number of nitriles is 1. The number of amides is 1. The minimum absolute atomic E-state index is 0.0901. The van der Waals surface area contributed by atoms with Crippen LogP contribution in [0.25, 0.3) is 0 Å². The Morgan fingerprint density at radius 2 is 1.97 bits per heavy atom. The number of nitrogens with two attached hydrogens (primary N) is 1. The van der Waals surface area contributed by atoms with Crippen molar-refractivity contribution in [3.05, 3.63) is 70.3 Å². The molecule has 0 spiro atoms. The number of aromatic nitrogens is 3. The molecule has 11 heteroatoms. The molecule has 2 aromatic heterocycles. The molecule has 0 radical (unpaired) electrons. The van der Waals surface area contributed by atoms with Crippen molar-refractivity contribution in [1.82, 2.24) is 14.8 Å². The van der Waals surface area contributed by atoms with Gasteiger partial charge in [0.2, 0.25) is 0 Å². The molecule has 0 aliphatic rings. The Bertz CT molecular complexity index is 1240. The monoisotopic (exact) mass is 427 g/mol. The molecule has 0 saturated carbocycles. The molecular formula is C20H16F3N7O. The molecule has 0 aliphatic heterocycles. The maximum absolute atomic E-state index is 12.8. The van der Waals surface area contributed by atoms with Crippen molar-refractivity contribution in [1.29, 1.82) is 10.7 Å². The maximum Gasteiger partial charge on any atom is 0.504 e. The van der Waals surface area contributed by atoms with Crippen molar-refractivity contribution >= 4 is 23.0 Å². The third-order valence-corrected chi connectivity index (χ3v) is 4.69. The summed E-state index contributed by atoms with van der Waals surface area (Å²) < 4.78 is 38.1. The average molecular weight is 427 g/mol. The Morgan fingerprint density at radius 1 is 1.26 bits per heavy atom. The van der Waals surface area contributed by atoms with Crippen LogP contribution in [0.4, 0.5) is 24.5 Å². The number of hydrogen-bond donors (Lipinski definition) is 3. The Hall–Kier alpha value is -4.20. The van der Waals surface area contributed by atoms with Crippen molar-refractivity contribution in [3.63, 3.8) is 0 Å². The third-order valence-electron chi connectivity index (χ3n) is 4.69. The van der Waals surface area contributed by atoms with E-state index in [0.717, 1.165) is 6.20 Å². The zero-order valence-corrected chi connectivity index (χ0v) is 16.4. The van der Waals surface area contributed by atoms with Gasteiger partial charge in [-0.3, -0.25) is 10.2 Å². The Kier molecular flexibility index (Phi) is 5.49. The van der Waals surface area contributed by atoms with Gasteiger partial charge in [-0.2, -0.15) is 15.0 Å². The van der Waals surface area contributed by atoms with Gasteiger partial charge < -0.3 is 11.1 Å². The number of carbonyl (C=O) groups excluding carboxylic acids is 1. The van der Waals surface area contributed by atoms with Gasteiger partial charge in [-0.05, 0) is 43.2 Å². The van der Waals surface area contributed by atoms with E-state index < -0.39 is 12.2 Å². The van der Waals surface area contributed by atoms with E-state index in [2.05, 4.69) is 15.4 Å². The standard InChI is InChI=1S/C20H16F3N7O/c1-10-11(2)18(27-7-12(10)6-24)19(31)29-14-3-4-16(25)15(5-14)17(26)13-8-28-30(9-13)20(21,22)23/h3-5,7-9,26H,25H2,1-2H3,(H,29,31). The number of rotatable bonds is 4. The highest BCUT2D eigenvalue weighted by Gasteiger charge is 2.32. The first-order valence-electron chi connectivity index (χ1n) is 8.81. The van der Waals surface area contributed by atoms with Crippen molar-refractivity contribution in [2.24, 2.45) is 0 Å². The molecule has 3 aromatic rings. The van der Waals surface area contributed by atoms with Crippen LogP contribution in [0.5, 0.6) is 0 Å². The topological polar surface area (TPSA) is 133 Å². The molecule has 158 valence electrons. The predicted molar refractivity (Wildman–Crippen MR) is 107 cm³/mol. The third kappa shape index (κ3) is 4.23. The minimum atomic E-state index is -4.70. The molecule has 1 amide bonds. The van der Waals surface area contributed by atoms with Crippen LogP contribution in [-0.2, 0) is 6.30 Å². The van der Waals surface area contributed by atoms with Crippen molar-refractivity contribution < 1.29 is 18.0 Å². The molecular weight excluding hydrogens is 411 g/mol. The molecule has 3 rings (SSSR count). The summed E-state index contributed by atoms with van der Waals surface area (Å²) in [7, 11) is 0. The van der Waals surface area contributed by atoms with Crippen LogP contribution >= 0.6 is 0 Å². The lowest BCUT2D eigenvalue weighted by Crippen LogP contribution is -2.17. The number of pyridine rings is 1. The van der Waals surface area contributed by atoms with Gasteiger partial charge in [-0.25, -0.2) is 4.98 Å². The van der Waals surface area contributed by atoms with Crippen molar-refractivity contribution in [2.45, 2.75) is 20.1 Å². The van der Waals surface area contributed by atoms with Gasteiger partial charge in [0.05, 0.1) is 17.5 Å². The van der Waals surface area contributed by atoms with Crippen LogP contribution in [0.15, 0.2) is 36.8 Å². The van der Waals surface area contributed by atoms with Gasteiger partial charge in [-0.1, -0.05) is 0 Å². The lowest BCUT2D eigenvalue weighted by Gasteiger charge is -2.12. The van der Waals surface area contributed by atoms with E-state index in [-0.39, 0.29) is 38.6 Å². The molecule has 4 N–H and O–H groups in total. The van der Waals surface area contributed by atoms with Crippen LogP contribution < -0.4 is 11.1 Å². The van der Waals surface area contributed by atoms with Gasteiger partial charge in [0, 0.05) is 34.9 Å². The SMILES string of the molecule is Cc1c(C#N)cnc(C(=O)Nc2ccc(N)c(C(=N)c3cnn(C(F)(F)F)c3)c2)c1C. The molecule has 0 atom stereocenters. The number of benzene rings is 1. The molecule has 1 aromatic carbocycles. The number of alkyl halides is 3. The number of nitrogen functional groups attached to an aromatic ring is 1. The Labute approximate surface area is 174 Å². The molecule has 0 aliphatic carbocycles. The summed E-state index contributed by atoms with van der Waals surface area (Å²) in [4.78, 5) is 16.7. The van der Waals surface area contributed by atoms with Gasteiger partial charge in [0.15, 0.2) is 0 Å². The van der Waals surface area contributed by atoms with Crippen molar-refractivity contribution in [2.75, 3.05) is 11.1 Å². The Morgan fingerprint density at radius 3 is 2.58 bits per heavy atom. The second kappa shape index (κ2) is 7.91. The normalized spacial score (nSPS) is 11.1. The first-order valence-corrected chi connectivity index (χ1v) is 8.81. The molecule has 0 bridgehead atoms. The zero-order valence-electron chi connectivity index (χ0n) is 16.4. The summed E-state index contributed by atoms with van der Waals surface area (Å²) in [5.41, 5.74) is 7.71. The first kappa shape index (κ1) is 21.5. The molecule has 8 nitrogen and oxygen atoms in total. The molecule has 31 heavy (non-hydrogen) atoms. The van der Waals surface area contributed by atoms with Crippen LogP contribution in [0.2, 0.25) is 0 Å². The average Bonchev–Trinajstić information content (AvgIpc) is 3.21. The summed E-state index contributed by atoms with van der Waals surface area (Å²) in [6.07, 6.45) is -1.81. The quantitative estimate of drug-likeness (QED) is 0.433. The minimum Gasteiger partial charge on any atom is -0.398 e. The lowest BCUT2D eigenvalue weighted by atomic mass is 10.0. The molecule has 0 fully saturated rings. The summed E-state index contributed by atoms with van der Waals surface area (Å²) in [5.74, 6) is -0.544. The molecule has 0 saturated heterocycles. The van der Waals surface area contributed by atoms with Crippen LogP contribution in [0.3, 0.4) is 0 Å². The number of anilines is 2. The van der Waals surface area contributed by atoms with E-state index in [1.807, 2.05) is 6.07 Å². The maximum atomic E-state index is 12.8. The van der Waals surface area contributed by atoms with Crippen LogP contribution in [0, 0.1) is 30.6 Å². The number of nitrogens with one attached hydrogen (secondary N) is 2. The van der Waals surface area contributed by atoms with E-state index in [9.17, 15) is 18.0 Å². The highest BCUT2D eigenvalue weighted by molar-refractivity contribution is 6.14. The van der Waals surface area contributed by atoms with Crippen LogP contribution in [0.1, 0.15) is 38.3 Å². The molecule has 0 unspecified atom stereocenters. The molecule has 2 heterocycles. The number of nitrogens with zero attached hydrogens (tertiary/aromatic N) is 4. The largest absolute Gasteiger partial charge is 0.504 e. The van der Waals surface area contributed by atoms with E-state index in [0.29, 0.717) is 22.9 Å². The fraction of sp³-hybridized carbons (Fsp3) is 0.150. The van der Waals surface area contributed by atoms with Gasteiger partial charge in [-0.15, -0.1) is 13.2 Å². The summed E-state index contributed by atoms with van der Waals surface area (Å²) in [5, 5.41) is 23.1. The first-order chi connectivity index (χ1) is 14.5. The van der Waals surface area contributed by atoms with Crippen molar-refractivity contribution in [3.8, 4) is 6.07 Å². The zero-order chi connectivity index (χ0) is 22.9. The predicted octanol–water partition coefficient (Wildman–Crippen LogP) is 3.49. The van der Waals surface area contributed by atoms with E-state index >= 15 is 0 Å². The number of hydrogen-bond acceptors (Lipinski definition) is 6.